The zero-order chi connectivity index (χ0) is 22.8. The van der Waals surface area contributed by atoms with Crippen molar-refractivity contribution in [2.24, 2.45) is 0 Å². The van der Waals surface area contributed by atoms with Gasteiger partial charge in [0.2, 0.25) is 11.7 Å². The number of ether oxygens (including phenoxy) is 1. The number of aromatic nitrogens is 2. The maximum atomic E-state index is 13.7. The molecule has 2 aromatic heterocycles. The van der Waals surface area contributed by atoms with Crippen LogP contribution in [0.15, 0.2) is 63.9 Å². The normalized spacial score (nSPS) is 10.9. The molecule has 32 heavy (non-hydrogen) atoms. The van der Waals surface area contributed by atoms with E-state index in [9.17, 15) is 13.6 Å². The van der Waals surface area contributed by atoms with Crippen molar-refractivity contribution in [1.82, 2.24) is 9.55 Å². The van der Waals surface area contributed by atoms with Crippen LogP contribution in [0.3, 0.4) is 0 Å². The second kappa shape index (κ2) is 8.66. The molecule has 8 heteroatoms. The number of benzene rings is 2. The molecule has 2 aromatic carbocycles. The summed E-state index contributed by atoms with van der Waals surface area (Å²) in [5.74, 6) is -0.0932. The molecule has 0 amide bonds. The lowest BCUT2D eigenvalue weighted by Gasteiger charge is -2.17. The van der Waals surface area contributed by atoms with Gasteiger partial charge < -0.3 is 19.0 Å². The summed E-state index contributed by atoms with van der Waals surface area (Å²) in [6, 6.07) is 13.2. The van der Waals surface area contributed by atoms with Gasteiger partial charge in [-0.15, -0.1) is 0 Å². The van der Waals surface area contributed by atoms with E-state index < -0.39 is 17.2 Å². The molecule has 164 valence electrons. The van der Waals surface area contributed by atoms with E-state index in [2.05, 4.69) is 10.3 Å². The number of nitrogens with one attached hydrogen (secondary N) is 1. The lowest BCUT2D eigenvalue weighted by atomic mass is 10.1. The average molecular weight is 437 g/mol. The first-order valence-electron chi connectivity index (χ1n) is 9.88. The predicted molar refractivity (Wildman–Crippen MR) is 117 cm³/mol. The van der Waals surface area contributed by atoms with Gasteiger partial charge in [0, 0.05) is 11.3 Å². The van der Waals surface area contributed by atoms with E-state index in [1.54, 1.807) is 4.57 Å². The van der Waals surface area contributed by atoms with E-state index in [0.29, 0.717) is 17.0 Å². The van der Waals surface area contributed by atoms with Crippen LogP contribution in [0, 0.1) is 25.5 Å². The Morgan fingerprint density at radius 2 is 1.88 bits per heavy atom. The quantitative estimate of drug-likeness (QED) is 0.449. The van der Waals surface area contributed by atoms with E-state index in [1.807, 2.05) is 44.2 Å². The summed E-state index contributed by atoms with van der Waals surface area (Å²) in [4.78, 5) is 16.4. The Morgan fingerprint density at radius 3 is 2.56 bits per heavy atom. The summed E-state index contributed by atoms with van der Waals surface area (Å²) < 4.78 is 39.4. The molecule has 0 radical (unpaired) electrons. The van der Waals surface area contributed by atoms with Crippen LogP contribution in [-0.2, 0) is 6.54 Å². The van der Waals surface area contributed by atoms with E-state index in [1.165, 1.54) is 19.4 Å². The van der Waals surface area contributed by atoms with Crippen molar-refractivity contribution in [1.29, 1.82) is 0 Å². The molecule has 0 saturated heterocycles. The standard InChI is InChI=1S/C24H21F2N3O3/c1-14-4-7-17(21-9-5-15(2)32-21)11-20(14)27-24-28-23(30)22(31-3)13-29(24)12-16-6-8-18(25)19(26)10-16/h4-11,13H,12H2,1-3H3,(H,27,28,30). The molecular weight excluding hydrogens is 416 g/mol. The van der Waals surface area contributed by atoms with Gasteiger partial charge in [0.05, 0.1) is 19.9 Å². The van der Waals surface area contributed by atoms with Crippen LogP contribution in [0.1, 0.15) is 16.9 Å². The molecule has 0 aliphatic heterocycles. The first-order chi connectivity index (χ1) is 15.3. The SMILES string of the molecule is COc1cn(Cc2ccc(F)c(F)c2)c(Nc2cc(-c3ccc(C)o3)ccc2C)nc1=O. The fourth-order valence-electron chi connectivity index (χ4n) is 3.29. The van der Waals surface area contributed by atoms with Crippen molar-refractivity contribution in [2.45, 2.75) is 20.4 Å². The molecule has 2 heterocycles. The Labute approximate surface area is 183 Å². The van der Waals surface area contributed by atoms with Crippen LogP contribution in [0.4, 0.5) is 20.4 Å². The van der Waals surface area contributed by atoms with Gasteiger partial charge in [0.25, 0.3) is 0 Å². The number of methoxy groups -OCH3 is 1. The fraction of sp³-hybridized carbons (Fsp3) is 0.167. The molecule has 0 saturated carbocycles. The molecule has 0 atom stereocenters. The van der Waals surface area contributed by atoms with Crippen molar-refractivity contribution < 1.29 is 17.9 Å². The van der Waals surface area contributed by atoms with Crippen molar-refractivity contribution in [3.8, 4) is 17.1 Å². The lowest BCUT2D eigenvalue weighted by molar-refractivity contribution is 0.402. The van der Waals surface area contributed by atoms with Crippen molar-refractivity contribution in [3.63, 3.8) is 0 Å². The molecule has 0 unspecified atom stereocenters. The topological polar surface area (TPSA) is 69.3 Å². The Balaban J connectivity index is 1.74. The highest BCUT2D eigenvalue weighted by Gasteiger charge is 2.13. The Morgan fingerprint density at radius 1 is 1.06 bits per heavy atom. The molecule has 4 aromatic rings. The second-order valence-electron chi connectivity index (χ2n) is 7.38. The average Bonchev–Trinajstić information content (AvgIpc) is 3.20. The number of anilines is 2. The van der Waals surface area contributed by atoms with Crippen LogP contribution in [0.5, 0.6) is 5.75 Å². The maximum absolute atomic E-state index is 13.7. The third-order valence-electron chi connectivity index (χ3n) is 5.03. The van der Waals surface area contributed by atoms with Crippen LogP contribution >= 0.6 is 0 Å². The van der Waals surface area contributed by atoms with Gasteiger partial charge in [0.15, 0.2) is 11.6 Å². The van der Waals surface area contributed by atoms with Crippen LogP contribution in [0.2, 0.25) is 0 Å². The second-order valence-corrected chi connectivity index (χ2v) is 7.38. The van der Waals surface area contributed by atoms with Crippen molar-refractivity contribution >= 4 is 11.6 Å². The van der Waals surface area contributed by atoms with Gasteiger partial charge in [-0.05, 0) is 55.3 Å². The molecule has 1 N–H and O–H groups in total. The summed E-state index contributed by atoms with van der Waals surface area (Å²) >= 11 is 0. The number of hydrogen-bond acceptors (Lipinski definition) is 5. The number of hydrogen-bond donors (Lipinski definition) is 1. The summed E-state index contributed by atoms with van der Waals surface area (Å²) in [6.45, 7) is 3.93. The highest BCUT2D eigenvalue weighted by molar-refractivity contribution is 5.69. The summed E-state index contributed by atoms with van der Waals surface area (Å²) in [6.07, 6.45) is 1.48. The van der Waals surface area contributed by atoms with Gasteiger partial charge in [-0.3, -0.25) is 4.79 Å². The monoisotopic (exact) mass is 437 g/mol. The summed E-state index contributed by atoms with van der Waals surface area (Å²) in [5.41, 5.74) is 2.44. The van der Waals surface area contributed by atoms with Gasteiger partial charge in [-0.25, -0.2) is 8.78 Å². The van der Waals surface area contributed by atoms with E-state index in [0.717, 1.165) is 29.0 Å². The van der Waals surface area contributed by atoms with Gasteiger partial charge in [-0.2, -0.15) is 4.98 Å². The minimum Gasteiger partial charge on any atom is -0.490 e. The minimum absolute atomic E-state index is 0.0367. The molecule has 0 bridgehead atoms. The third kappa shape index (κ3) is 4.39. The van der Waals surface area contributed by atoms with Gasteiger partial charge in [0.1, 0.15) is 11.5 Å². The Hall–Kier alpha value is -3.94. The van der Waals surface area contributed by atoms with Crippen molar-refractivity contribution in [3.05, 3.63) is 93.6 Å². The van der Waals surface area contributed by atoms with Crippen molar-refractivity contribution in [2.75, 3.05) is 12.4 Å². The number of aryl methyl sites for hydroxylation is 2. The summed E-state index contributed by atoms with van der Waals surface area (Å²) in [7, 11) is 1.37. The number of halogens is 2. The van der Waals surface area contributed by atoms with Crippen LogP contribution in [0.25, 0.3) is 11.3 Å². The molecular formula is C24H21F2N3O3. The third-order valence-corrected chi connectivity index (χ3v) is 5.03. The van der Waals surface area contributed by atoms with Gasteiger partial charge >= 0.3 is 5.56 Å². The molecule has 4 rings (SSSR count). The van der Waals surface area contributed by atoms with Crippen LogP contribution < -0.4 is 15.6 Å². The number of nitrogens with zero attached hydrogens (tertiary/aromatic N) is 2. The maximum Gasteiger partial charge on any atom is 0.316 e. The van der Waals surface area contributed by atoms with Crippen LogP contribution in [-0.4, -0.2) is 16.7 Å². The minimum atomic E-state index is -0.949. The van der Waals surface area contributed by atoms with Gasteiger partial charge in [-0.1, -0.05) is 18.2 Å². The molecule has 0 fully saturated rings. The lowest BCUT2D eigenvalue weighted by Crippen LogP contribution is -2.19. The first-order valence-corrected chi connectivity index (χ1v) is 9.88. The Kier molecular flexibility index (Phi) is 5.77. The molecule has 0 aliphatic rings. The number of furan rings is 1. The summed E-state index contributed by atoms with van der Waals surface area (Å²) in [5, 5.41) is 3.18. The van der Waals surface area contributed by atoms with E-state index in [4.69, 9.17) is 9.15 Å². The highest BCUT2D eigenvalue weighted by Crippen LogP contribution is 2.29. The number of rotatable bonds is 6. The smallest absolute Gasteiger partial charge is 0.316 e. The fourth-order valence-corrected chi connectivity index (χ4v) is 3.29. The van der Waals surface area contributed by atoms with E-state index in [-0.39, 0.29) is 18.2 Å². The highest BCUT2D eigenvalue weighted by atomic mass is 19.2. The van der Waals surface area contributed by atoms with E-state index >= 15 is 0 Å². The predicted octanol–water partition coefficient (Wildman–Crippen LogP) is 5.20. The zero-order valence-electron chi connectivity index (χ0n) is 17.8. The first kappa shape index (κ1) is 21.3. The largest absolute Gasteiger partial charge is 0.490 e. The molecule has 0 aliphatic carbocycles. The Bertz CT molecular complexity index is 1340. The molecule has 0 spiro atoms. The molecule has 6 nitrogen and oxygen atoms in total. The zero-order valence-corrected chi connectivity index (χ0v) is 17.8.